The molecule has 142 valence electrons. The van der Waals surface area contributed by atoms with Crippen LogP contribution >= 0.6 is 0 Å². The number of hydrogen-bond donors (Lipinski definition) is 2. The fourth-order valence-corrected chi connectivity index (χ4v) is 3.75. The van der Waals surface area contributed by atoms with E-state index < -0.39 is 0 Å². The molecule has 1 aliphatic heterocycles. The van der Waals surface area contributed by atoms with Crippen molar-refractivity contribution in [1.29, 1.82) is 0 Å². The molecule has 0 aliphatic carbocycles. The third-order valence-electron chi connectivity index (χ3n) is 5.28. The average molecular weight is 376 g/mol. The molecule has 3 heterocycles. The molecular formula is C22H21FN4O. The van der Waals surface area contributed by atoms with Gasteiger partial charge in [-0.1, -0.05) is 26.0 Å². The Morgan fingerprint density at radius 1 is 1.14 bits per heavy atom. The summed E-state index contributed by atoms with van der Waals surface area (Å²) in [7, 11) is 0. The maximum absolute atomic E-state index is 13.6. The zero-order valence-corrected chi connectivity index (χ0v) is 15.8. The molecule has 0 unspecified atom stereocenters. The van der Waals surface area contributed by atoms with Crippen molar-refractivity contribution in [1.82, 2.24) is 20.5 Å². The molecule has 0 atom stereocenters. The fraction of sp³-hybridized carbons (Fsp3) is 0.273. The minimum atomic E-state index is -0.248. The quantitative estimate of drug-likeness (QED) is 0.554. The lowest BCUT2D eigenvalue weighted by Gasteiger charge is -2.29. The van der Waals surface area contributed by atoms with Crippen LogP contribution in [-0.4, -0.2) is 34.4 Å². The SMILES string of the molecule is CC(C)c1c(OC2CNC2)nc2cc3[nH]ncc3cc2c1-c1ccc(F)cc1. The fourth-order valence-electron chi connectivity index (χ4n) is 3.75. The van der Waals surface area contributed by atoms with E-state index in [1.54, 1.807) is 0 Å². The van der Waals surface area contributed by atoms with E-state index in [0.29, 0.717) is 5.88 Å². The van der Waals surface area contributed by atoms with E-state index in [4.69, 9.17) is 9.72 Å². The lowest BCUT2D eigenvalue weighted by atomic mass is 9.90. The van der Waals surface area contributed by atoms with Crippen molar-refractivity contribution in [3.8, 4) is 17.0 Å². The second-order valence-corrected chi connectivity index (χ2v) is 7.59. The number of nitrogens with one attached hydrogen (secondary N) is 2. The number of nitrogens with zero attached hydrogens (tertiary/aromatic N) is 2. The Bertz CT molecular complexity index is 1160. The molecule has 0 amide bonds. The van der Waals surface area contributed by atoms with E-state index in [9.17, 15) is 4.39 Å². The topological polar surface area (TPSA) is 62.8 Å². The van der Waals surface area contributed by atoms with Crippen LogP contribution in [0.5, 0.6) is 5.88 Å². The summed E-state index contributed by atoms with van der Waals surface area (Å²) < 4.78 is 19.8. The summed E-state index contributed by atoms with van der Waals surface area (Å²) in [6.07, 6.45) is 1.93. The molecule has 2 aromatic heterocycles. The molecule has 2 N–H and O–H groups in total. The Kier molecular flexibility index (Phi) is 4.02. The summed E-state index contributed by atoms with van der Waals surface area (Å²) in [6, 6.07) is 10.7. The van der Waals surface area contributed by atoms with E-state index in [-0.39, 0.29) is 17.8 Å². The lowest BCUT2D eigenvalue weighted by Crippen LogP contribution is -2.50. The molecule has 2 aromatic carbocycles. The number of hydrogen-bond acceptors (Lipinski definition) is 4. The van der Waals surface area contributed by atoms with Gasteiger partial charge in [0, 0.05) is 29.4 Å². The monoisotopic (exact) mass is 376 g/mol. The van der Waals surface area contributed by atoms with Crippen LogP contribution in [-0.2, 0) is 0 Å². The average Bonchev–Trinajstić information content (AvgIpc) is 3.09. The highest BCUT2D eigenvalue weighted by Crippen LogP contribution is 2.41. The van der Waals surface area contributed by atoms with Gasteiger partial charge in [-0.05, 0) is 41.3 Å². The summed E-state index contributed by atoms with van der Waals surface area (Å²) in [5.74, 6) is 0.606. The molecule has 1 fully saturated rings. The van der Waals surface area contributed by atoms with E-state index >= 15 is 0 Å². The molecule has 4 aromatic rings. The standard InChI is InChI=1S/C22H21FN4O/c1-12(2)20-21(13-3-5-15(23)6-4-13)17-7-14-9-25-27-18(14)8-19(17)26-22(20)28-16-10-24-11-16/h3-9,12,16,24H,10-11H2,1-2H3,(H,25,27). The van der Waals surface area contributed by atoms with Crippen LogP contribution in [0.4, 0.5) is 4.39 Å². The van der Waals surface area contributed by atoms with Crippen LogP contribution in [0, 0.1) is 5.82 Å². The van der Waals surface area contributed by atoms with Crippen LogP contribution in [0.1, 0.15) is 25.3 Å². The number of aromatic nitrogens is 3. The molecule has 0 radical (unpaired) electrons. The highest BCUT2D eigenvalue weighted by atomic mass is 19.1. The van der Waals surface area contributed by atoms with E-state index in [1.807, 2.05) is 24.4 Å². The Balaban J connectivity index is 1.84. The van der Waals surface area contributed by atoms with Crippen LogP contribution in [0.25, 0.3) is 32.9 Å². The van der Waals surface area contributed by atoms with Crippen molar-refractivity contribution in [2.75, 3.05) is 13.1 Å². The number of rotatable bonds is 4. The van der Waals surface area contributed by atoms with E-state index in [0.717, 1.165) is 51.6 Å². The third kappa shape index (κ3) is 2.81. The number of ether oxygens (including phenoxy) is 1. The molecule has 0 spiro atoms. The number of benzene rings is 2. The first-order valence-electron chi connectivity index (χ1n) is 9.54. The Hall–Kier alpha value is -2.99. The first-order valence-corrected chi connectivity index (χ1v) is 9.54. The molecular weight excluding hydrogens is 355 g/mol. The number of pyridine rings is 1. The van der Waals surface area contributed by atoms with Gasteiger partial charge in [0.2, 0.25) is 5.88 Å². The van der Waals surface area contributed by atoms with Gasteiger partial charge in [0.1, 0.15) is 11.9 Å². The first kappa shape index (κ1) is 17.1. The number of halogens is 1. The van der Waals surface area contributed by atoms with Crippen molar-refractivity contribution in [3.05, 3.63) is 54.0 Å². The normalized spacial score (nSPS) is 14.7. The van der Waals surface area contributed by atoms with Crippen molar-refractivity contribution >= 4 is 21.8 Å². The zero-order chi connectivity index (χ0) is 19.3. The molecule has 1 saturated heterocycles. The first-order chi connectivity index (χ1) is 13.6. The summed E-state index contributed by atoms with van der Waals surface area (Å²) in [5.41, 5.74) is 4.82. The zero-order valence-electron chi connectivity index (χ0n) is 15.8. The molecule has 0 saturated carbocycles. The maximum Gasteiger partial charge on any atom is 0.218 e. The van der Waals surface area contributed by atoms with Gasteiger partial charge in [0.15, 0.2) is 0 Å². The van der Waals surface area contributed by atoms with Crippen LogP contribution in [0.15, 0.2) is 42.6 Å². The number of H-pyrrole nitrogens is 1. The molecule has 28 heavy (non-hydrogen) atoms. The smallest absolute Gasteiger partial charge is 0.218 e. The second kappa shape index (κ2) is 6.56. The van der Waals surface area contributed by atoms with Crippen molar-refractivity contribution in [2.24, 2.45) is 0 Å². The van der Waals surface area contributed by atoms with E-state index in [1.165, 1.54) is 12.1 Å². The predicted molar refractivity (Wildman–Crippen MR) is 108 cm³/mol. The lowest BCUT2D eigenvalue weighted by molar-refractivity contribution is 0.135. The van der Waals surface area contributed by atoms with Gasteiger partial charge >= 0.3 is 0 Å². The van der Waals surface area contributed by atoms with Gasteiger partial charge in [0.25, 0.3) is 0 Å². The summed E-state index contributed by atoms with van der Waals surface area (Å²) >= 11 is 0. The summed E-state index contributed by atoms with van der Waals surface area (Å²) in [5, 5.41) is 12.4. The van der Waals surface area contributed by atoms with Crippen molar-refractivity contribution in [2.45, 2.75) is 25.9 Å². The summed E-state index contributed by atoms with van der Waals surface area (Å²) in [6.45, 7) is 5.92. The van der Waals surface area contributed by atoms with Gasteiger partial charge in [-0.25, -0.2) is 9.37 Å². The maximum atomic E-state index is 13.6. The van der Waals surface area contributed by atoms with E-state index in [2.05, 4.69) is 35.4 Å². The number of aromatic amines is 1. The molecule has 1 aliphatic rings. The molecule has 5 nitrogen and oxygen atoms in total. The Labute approximate surface area is 161 Å². The highest BCUT2D eigenvalue weighted by molar-refractivity contribution is 6.04. The largest absolute Gasteiger partial charge is 0.471 e. The van der Waals surface area contributed by atoms with Crippen LogP contribution in [0.2, 0.25) is 0 Å². The minimum Gasteiger partial charge on any atom is -0.471 e. The minimum absolute atomic E-state index is 0.124. The highest BCUT2D eigenvalue weighted by Gasteiger charge is 2.25. The van der Waals surface area contributed by atoms with Crippen molar-refractivity contribution < 1.29 is 9.13 Å². The van der Waals surface area contributed by atoms with Crippen LogP contribution in [0.3, 0.4) is 0 Å². The van der Waals surface area contributed by atoms with Gasteiger partial charge in [-0.2, -0.15) is 5.10 Å². The summed E-state index contributed by atoms with van der Waals surface area (Å²) in [4.78, 5) is 4.88. The van der Waals surface area contributed by atoms with Gasteiger partial charge < -0.3 is 10.1 Å². The molecule has 0 bridgehead atoms. The van der Waals surface area contributed by atoms with Gasteiger partial charge in [-0.3, -0.25) is 5.10 Å². The molecule has 6 heteroatoms. The van der Waals surface area contributed by atoms with Crippen LogP contribution < -0.4 is 10.1 Å². The predicted octanol–water partition coefficient (Wildman–Crippen LogP) is 4.39. The second-order valence-electron chi connectivity index (χ2n) is 7.59. The molecule has 5 rings (SSSR count). The number of fused-ring (bicyclic) bond motifs is 2. The van der Waals surface area contributed by atoms with Gasteiger partial charge in [0.05, 0.1) is 17.2 Å². The van der Waals surface area contributed by atoms with Gasteiger partial charge in [-0.15, -0.1) is 0 Å². The Morgan fingerprint density at radius 2 is 1.93 bits per heavy atom. The van der Waals surface area contributed by atoms with Crippen molar-refractivity contribution in [3.63, 3.8) is 0 Å². The Morgan fingerprint density at radius 3 is 2.61 bits per heavy atom. The third-order valence-corrected chi connectivity index (χ3v) is 5.28.